The number of unbranched alkanes of at least 4 members (excludes halogenated alkanes) is 1. The van der Waals surface area contributed by atoms with Crippen molar-refractivity contribution in [2.24, 2.45) is 0 Å². The Morgan fingerprint density at radius 2 is 2.20 bits per heavy atom. The molecular formula is C4H10Se. The van der Waals surface area contributed by atoms with E-state index in [4.69, 9.17) is 0 Å². The maximum atomic E-state index is 2.58. The topological polar surface area (TPSA) is 0 Å². The fourth-order valence-electron chi connectivity index (χ4n) is 0.158. The Morgan fingerprint density at radius 3 is 2.20 bits per heavy atom. The normalized spacial score (nSPS) is 8.40. The number of rotatable bonds is 2. The molecule has 0 radical (unpaired) electrons. The second kappa shape index (κ2) is 4.52. The summed E-state index contributed by atoms with van der Waals surface area (Å²) >= 11 is 2.58. The Kier molecular flexibility index (Phi) is 4.99. The summed E-state index contributed by atoms with van der Waals surface area (Å²) < 4.78 is 0. The molecule has 5 heavy (non-hydrogen) atoms. The van der Waals surface area contributed by atoms with Gasteiger partial charge in [0.25, 0.3) is 0 Å². The van der Waals surface area contributed by atoms with Gasteiger partial charge < -0.3 is 0 Å². The van der Waals surface area contributed by atoms with Crippen LogP contribution < -0.4 is 0 Å². The Balaban J connectivity index is 2.19. The fraction of sp³-hybridized carbons (Fsp3) is 1.00. The van der Waals surface area contributed by atoms with Crippen LogP contribution >= 0.6 is 0 Å². The van der Waals surface area contributed by atoms with Crippen LogP contribution in [0.3, 0.4) is 0 Å². The third-order valence-corrected chi connectivity index (χ3v) is 1.18. The molecule has 0 heterocycles. The van der Waals surface area contributed by atoms with E-state index < -0.39 is 0 Å². The van der Waals surface area contributed by atoms with E-state index in [0.717, 1.165) is 0 Å². The van der Waals surface area contributed by atoms with Crippen molar-refractivity contribution in [2.45, 2.75) is 25.1 Å². The molecule has 0 atom stereocenters. The molecule has 32 valence electrons. The van der Waals surface area contributed by atoms with Gasteiger partial charge in [0, 0.05) is 0 Å². The molecule has 0 bridgehead atoms. The summed E-state index contributed by atoms with van der Waals surface area (Å²) in [6.45, 7) is 2.20. The fourth-order valence-corrected chi connectivity index (χ4v) is 0.822. The molecule has 0 fully saturated rings. The summed E-state index contributed by atoms with van der Waals surface area (Å²) in [5.74, 6) is 0. The Hall–Kier alpha value is 0.519. The maximum absolute atomic E-state index is 2.58. The molecule has 0 amide bonds. The van der Waals surface area contributed by atoms with E-state index in [2.05, 4.69) is 22.9 Å². The zero-order chi connectivity index (χ0) is 4.12. The standard InChI is InChI=1S/C4H10Se/c1-2-3-4-5/h5H,2-4H2,1H3. The molecule has 0 aliphatic heterocycles. The second-order valence-corrected chi connectivity index (χ2v) is 2.02. The van der Waals surface area contributed by atoms with Gasteiger partial charge in [-0.1, -0.05) is 0 Å². The van der Waals surface area contributed by atoms with Crippen LogP contribution in [-0.4, -0.2) is 16.0 Å². The molecule has 0 saturated carbocycles. The number of hydrogen-bond acceptors (Lipinski definition) is 0. The Morgan fingerprint density at radius 1 is 1.60 bits per heavy atom. The molecule has 0 aliphatic carbocycles. The van der Waals surface area contributed by atoms with Crippen molar-refractivity contribution >= 4 is 16.0 Å². The van der Waals surface area contributed by atoms with Crippen molar-refractivity contribution < 1.29 is 0 Å². The molecule has 0 aliphatic rings. The first kappa shape index (κ1) is 5.52. The van der Waals surface area contributed by atoms with Gasteiger partial charge in [-0.3, -0.25) is 0 Å². The number of hydrogen-bond donors (Lipinski definition) is 0. The van der Waals surface area contributed by atoms with Gasteiger partial charge >= 0.3 is 41.1 Å². The van der Waals surface area contributed by atoms with Crippen molar-refractivity contribution in [3.63, 3.8) is 0 Å². The van der Waals surface area contributed by atoms with Crippen LogP contribution in [0.2, 0.25) is 5.32 Å². The minimum atomic E-state index is 1.28. The quantitative estimate of drug-likeness (QED) is 0.500. The van der Waals surface area contributed by atoms with Gasteiger partial charge in [0.2, 0.25) is 0 Å². The Labute approximate surface area is 41.8 Å². The van der Waals surface area contributed by atoms with E-state index >= 15 is 0 Å². The summed E-state index contributed by atoms with van der Waals surface area (Å²) in [5.41, 5.74) is 0. The van der Waals surface area contributed by atoms with Gasteiger partial charge in [-0.25, -0.2) is 0 Å². The third-order valence-electron chi connectivity index (χ3n) is 0.512. The van der Waals surface area contributed by atoms with Crippen LogP contribution in [0.15, 0.2) is 0 Å². The van der Waals surface area contributed by atoms with Crippen LogP contribution in [0.1, 0.15) is 19.8 Å². The summed E-state index contributed by atoms with van der Waals surface area (Å²) in [6.07, 6.45) is 2.69. The van der Waals surface area contributed by atoms with Crippen molar-refractivity contribution in [3.8, 4) is 0 Å². The van der Waals surface area contributed by atoms with Gasteiger partial charge in [-0.05, 0) is 0 Å². The predicted molar refractivity (Wildman–Crippen MR) is 26.9 cm³/mol. The molecule has 0 unspecified atom stereocenters. The first-order chi connectivity index (χ1) is 2.41. The molecule has 0 saturated heterocycles. The molecule has 0 nitrogen and oxygen atoms in total. The van der Waals surface area contributed by atoms with Gasteiger partial charge in [-0.15, -0.1) is 0 Å². The van der Waals surface area contributed by atoms with Crippen LogP contribution in [0.5, 0.6) is 0 Å². The first-order valence-electron chi connectivity index (χ1n) is 2.02. The minimum absolute atomic E-state index is 1.28. The van der Waals surface area contributed by atoms with Crippen LogP contribution in [0, 0.1) is 0 Å². The van der Waals surface area contributed by atoms with E-state index in [9.17, 15) is 0 Å². The summed E-state index contributed by atoms with van der Waals surface area (Å²) in [7, 11) is 0. The molecule has 0 N–H and O–H groups in total. The summed E-state index contributed by atoms with van der Waals surface area (Å²) in [6, 6.07) is 0. The van der Waals surface area contributed by atoms with E-state index in [-0.39, 0.29) is 0 Å². The van der Waals surface area contributed by atoms with Crippen molar-refractivity contribution in [1.82, 2.24) is 0 Å². The Bertz CT molecular complexity index is 11.1. The average molecular weight is 137 g/mol. The van der Waals surface area contributed by atoms with Crippen LogP contribution in [0.4, 0.5) is 0 Å². The van der Waals surface area contributed by atoms with Gasteiger partial charge in [0.1, 0.15) is 0 Å². The van der Waals surface area contributed by atoms with Crippen molar-refractivity contribution in [2.75, 3.05) is 0 Å². The first-order valence-corrected chi connectivity index (χ1v) is 3.35. The third kappa shape index (κ3) is 4.52. The molecule has 0 aromatic carbocycles. The second-order valence-electron chi connectivity index (χ2n) is 1.08. The van der Waals surface area contributed by atoms with E-state index in [0.29, 0.717) is 0 Å². The molecule has 0 aromatic heterocycles. The van der Waals surface area contributed by atoms with E-state index in [1.165, 1.54) is 18.2 Å². The average Bonchev–Trinajstić information content (AvgIpc) is 1.41. The SMILES string of the molecule is CCCC[SeH]. The van der Waals surface area contributed by atoms with Crippen molar-refractivity contribution in [3.05, 3.63) is 0 Å². The molecule has 0 spiro atoms. The summed E-state index contributed by atoms with van der Waals surface area (Å²) in [5, 5.41) is 1.28. The van der Waals surface area contributed by atoms with Gasteiger partial charge in [0.05, 0.1) is 0 Å². The molecule has 0 aromatic rings. The molecule has 1 heteroatoms. The van der Waals surface area contributed by atoms with Gasteiger partial charge in [-0.2, -0.15) is 0 Å². The zero-order valence-electron chi connectivity index (χ0n) is 3.57. The van der Waals surface area contributed by atoms with Crippen LogP contribution in [0.25, 0.3) is 0 Å². The summed E-state index contributed by atoms with van der Waals surface area (Å²) in [4.78, 5) is 0. The van der Waals surface area contributed by atoms with Crippen LogP contribution in [-0.2, 0) is 0 Å². The molecular weight excluding hydrogens is 127 g/mol. The van der Waals surface area contributed by atoms with E-state index in [1.54, 1.807) is 0 Å². The predicted octanol–water partition coefficient (Wildman–Crippen LogP) is 1.11. The monoisotopic (exact) mass is 138 g/mol. The zero-order valence-corrected chi connectivity index (χ0v) is 5.45. The van der Waals surface area contributed by atoms with E-state index in [1.807, 2.05) is 0 Å². The molecule has 0 rings (SSSR count). The van der Waals surface area contributed by atoms with Gasteiger partial charge in [0.15, 0.2) is 0 Å². The van der Waals surface area contributed by atoms with Crippen molar-refractivity contribution in [1.29, 1.82) is 0 Å².